The van der Waals surface area contributed by atoms with Crippen LogP contribution in [0.2, 0.25) is 0 Å². The minimum atomic E-state index is 0.529. The second-order valence-electron chi connectivity index (χ2n) is 8.18. The van der Waals surface area contributed by atoms with Crippen molar-refractivity contribution in [2.45, 2.75) is 74.4 Å². The Hall–Kier alpha value is -1.31. The summed E-state index contributed by atoms with van der Waals surface area (Å²) in [5.41, 5.74) is 5.57. The molecule has 1 aliphatic rings. The van der Waals surface area contributed by atoms with Crippen molar-refractivity contribution in [1.29, 1.82) is 0 Å². The van der Waals surface area contributed by atoms with Gasteiger partial charge in [0.2, 0.25) is 0 Å². The predicted octanol–water partition coefficient (Wildman–Crippen LogP) is 4.93. The van der Waals surface area contributed by atoms with Gasteiger partial charge in [0.15, 0.2) is 0 Å². The molecule has 1 heterocycles. The van der Waals surface area contributed by atoms with Gasteiger partial charge in [-0.3, -0.25) is 4.58 Å². The summed E-state index contributed by atoms with van der Waals surface area (Å²) in [6, 6.07) is 5.77. The lowest BCUT2D eigenvalue weighted by molar-refractivity contribution is -0.593. The van der Waals surface area contributed by atoms with Crippen LogP contribution in [0.15, 0.2) is 12.1 Å². The largest absolute Gasteiger partial charge is 0.256 e. The van der Waals surface area contributed by atoms with Gasteiger partial charge in [-0.15, -0.1) is 0 Å². The molecule has 0 aliphatic carbocycles. The second-order valence-corrected chi connectivity index (χ2v) is 8.18. The molecule has 0 fully saturated rings. The van der Waals surface area contributed by atoms with Gasteiger partial charge in [-0.05, 0) is 51.7 Å². The van der Waals surface area contributed by atoms with Gasteiger partial charge in [0.1, 0.15) is 18.3 Å². The highest BCUT2D eigenvalue weighted by atomic mass is 15.3. The first-order valence-corrected chi connectivity index (χ1v) is 9.15. The first kappa shape index (κ1) is 18.0. The lowest BCUT2D eigenvalue weighted by Crippen LogP contribution is -2.37. The predicted molar refractivity (Wildman–Crippen MR) is 102 cm³/mol. The first-order chi connectivity index (χ1) is 10.6. The number of amidine groups is 1. The van der Waals surface area contributed by atoms with Crippen LogP contribution < -0.4 is 4.90 Å². The third-order valence-corrected chi connectivity index (χ3v) is 5.02. The van der Waals surface area contributed by atoms with Crippen molar-refractivity contribution in [3.05, 3.63) is 28.8 Å². The maximum absolute atomic E-state index is 2.67. The minimum absolute atomic E-state index is 0.529. The van der Waals surface area contributed by atoms with E-state index < -0.39 is 0 Å². The zero-order valence-electron chi connectivity index (χ0n) is 16.6. The Morgan fingerprint density at radius 2 is 1.48 bits per heavy atom. The molecule has 0 aromatic heterocycles. The number of benzene rings is 1. The number of anilines is 1. The van der Waals surface area contributed by atoms with Crippen LogP contribution in [0.5, 0.6) is 0 Å². The van der Waals surface area contributed by atoms with Crippen LogP contribution in [0, 0.1) is 32.6 Å². The molecular formula is C21H35N2+. The summed E-state index contributed by atoms with van der Waals surface area (Å²) < 4.78 is 2.67. The summed E-state index contributed by atoms with van der Waals surface area (Å²) in [6.45, 7) is 21.9. The lowest BCUT2D eigenvalue weighted by atomic mass is 10.0. The zero-order chi connectivity index (χ0) is 17.5. The molecule has 2 nitrogen and oxygen atoms in total. The van der Waals surface area contributed by atoms with Crippen molar-refractivity contribution in [3.8, 4) is 0 Å². The number of nitrogens with zero attached hydrogens (tertiary/aromatic N) is 2. The Bertz CT molecular complexity index is 585. The van der Waals surface area contributed by atoms with Gasteiger partial charge in [-0.1, -0.05) is 45.4 Å². The Morgan fingerprint density at radius 3 is 1.87 bits per heavy atom. The molecule has 1 aliphatic heterocycles. The van der Waals surface area contributed by atoms with E-state index in [1.807, 2.05) is 0 Å². The van der Waals surface area contributed by atoms with Gasteiger partial charge in [-0.25, -0.2) is 4.90 Å². The van der Waals surface area contributed by atoms with Crippen LogP contribution in [0.4, 0.5) is 5.69 Å². The van der Waals surface area contributed by atoms with E-state index in [-0.39, 0.29) is 0 Å². The van der Waals surface area contributed by atoms with Crippen molar-refractivity contribution in [2.24, 2.45) is 11.8 Å². The van der Waals surface area contributed by atoms with E-state index in [1.54, 1.807) is 0 Å². The second kappa shape index (κ2) is 6.67. The summed E-state index contributed by atoms with van der Waals surface area (Å²) in [5.74, 6) is 2.68. The summed E-state index contributed by atoms with van der Waals surface area (Å²) in [5, 5.41) is 0. The normalized spacial score (nSPS) is 19.0. The summed E-state index contributed by atoms with van der Waals surface area (Å²) in [4.78, 5) is 2.61. The van der Waals surface area contributed by atoms with Crippen LogP contribution in [0.1, 0.15) is 58.2 Å². The van der Waals surface area contributed by atoms with Crippen LogP contribution in [0.3, 0.4) is 0 Å². The highest BCUT2D eigenvalue weighted by molar-refractivity contribution is 5.98. The number of hydrogen-bond acceptors (Lipinski definition) is 1. The van der Waals surface area contributed by atoms with Crippen molar-refractivity contribution >= 4 is 11.5 Å². The lowest BCUT2D eigenvalue weighted by Gasteiger charge is -2.21. The van der Waals surface area contributed by atoms with Crippen molar-refractivity contribution in [2.75, 3.05) is 11.4 Å². The molecule has 0 bridgehead atoms. The van der Waals surface area contributed by atoms with Gasteiger partial charge in [0.25, 0.3) is 5.84 Å². The summed E-state index contributed by atoms with van der Waals surface area (Å²) in [6.07, 6.45) is 0. The summed E-state index contributed by atoms with van der Waals surface area (Å²) >= 11 is 0. The molecule has 128 valence electrons. The average molecular weight is 316 g/mol. The average Bonchev–Trinajstić information content (AvgIpc) is 2.77. The quantitative estimate of drug-likeness (QED) is 0.714. The molecule has 1 atom stereocenters. The van der Waals surface area contributed by atoms with Crippen LogP contribution in [-0.4, -0.2) is 29.0 Å². The third kappa shape index (κ3) is 3.32. The molecule has 0 N–H and O–H groups in total. The Kier molecular flexibility index (Phi) is 5.23. The standard InChI is InChI=1S/C21H35N2/c1-13(2)19-12-22(21(14(3)4)23(19)15(5)6)20-17(8)10-16(7)11-18(20)9/h10-11,13-15,19H,12H2,1-9H3/q+1/t19-/m1/s1. The molecule has 0 radical (unpaired) electrons. The monoisotopic (exact) mass is 315 g/mol. The van der Waals surface area contributed by atoms with Gasteiger partial charge < -0.3 is 0 Å². The SMILES string of the molecule is Cc1cc(C)c(N2C[C@H](C(C)C)[N+](C(C)C)=C2C(C)C)c(C)c1. The number of rotatable bonds is 4. The smallest absolute Gasteiger partial charge is 0.255 e. The van der Waals surface area contributed by atoms with E-state index in [4.69, 9.17) is 0 Å². The molecule has 0 saturated carbocycles. The highest BCUT2D eigenvalue weighted by Crippen LogP contribution is 2.33. The molecule has 23 heavy (non-hydrogen) atoms. The molecule has 0 saturated heterocycles. The topological polar surface area (TPSA) is 6.25 Å². The van der Waals surface area contributed by atoms with Crippen LogP contribution >= 0.6 is 0 Å². The zero-order valence-corrected chi connectivity index (χ0v) is 16.6. The molecule has 0 amide bonds. The van der Waals surface area contributed by atoms with Gasteiger partial charge in [0.05, 0.1) is 12.0 Å². The molecule has 1 aromatic carbocycles. The van der Waals surface area contributed by atoms with Gasteiger partial charge in [-0.2, -0.15) is 0 Å². The fourth-order valence-electron chi connectivity index (χ4n) is 4.27. The third-order valence-electron chi connectivity index (χ3n) is 5.02. The Balaban J connectivity index is 2.64. The Labute approximate surface area is 143 Å². The molecule has 2 rings (SSSR count). The van der Waals surface area contributed by atoms with Crippen molar-refractivity contribution < 1.29 is 4.58 Å². The van der Waals surface area contributed by atoms with Crippen LogP contribution in [0.25, 0.3) is 0 Å². The fourth-order valence-corrected chi connectivity index (χ4v) is 4.27. The van der Waals surface area contributed by atoms with Gasteiger partial charge in [0, 0.05) is 0 Å². The highest BCUT2D eigenvalue weighted by Gasteiger charge is 2.44. The summed E-state index contributed by atoms with van der Waals surface area (Å²) in [7, 11) is 0. The van der Waals surface area contributed by atoms with Crippen molar-refractivity contribution in [3.63, 3.8) is 0 Å². The number of hydrogen-bond donors (Lipinski definition) is 0. The van der Waals surface area contributed by atoms with E-state index in [0.29, 0.717) is 23.9 Å². The first-order valence-electron chi connectivity index (χ1n) is 9.15. The molecule has 0 unspecified atom stereocenters. The van der Waals surface area contributed by atoms with Crippen LogP contribution in [-0.2, 0) is 0 Å². The molecule has 1 aromatic rings. The fraction of sp³-hybridized carbons (Fsp3) is 0.667. The molecular weight excluding hydrogens is 280 g/mol. The maximum Gasteiger partial charge on any atom is 0.255 e. The molecule has 2 heteroatoms. The van der Waals surface area contributed by atoms with E-state index in [0.717, 1.165) is 6.54 Å². The van der Waals surface area contributed by atoms with E-state index in [9.17, 15) is 0 Å². The van der Waals surface area contributed by atoms with E-state index in [1.165, 1.54) is 28.2 Å². The minimum Gasteiger partial charge on any atom is -0.256 e. The van der Waals surface area contributed by atoms with E-state index >= 15 is 0 Å². The Morgan fingerprint density at radius 1 is 0.957 bits per heavy atom. The van der Waals surface area contributed by atoms with Crippen molar-refractivity contribution in [1.82, 2.24) is 0 Å². The van der Waals surface area contributed by atoms with E-state index in [2.05, 4.69) is 83.9 Å². The maximum atomic E-state index is 2.67. The number of aryl methyl sites for hydroxylation is 3. The van der Waals surface area contributed by atoms with Gasteiger partial charge >= 0.3 is 0 Å². The molecule has 0 spiro atoms.